The number of nitrogens with one attached hydrogen (secondary N) is 3. The Morgan fingerprint density at radius 1 is 1.23 bits per heavy atom. The summed E-state index contributed by atoms with van der Waals surface area (Å²) in [5, 5.41) is 21.9. The zero-order chi connectivity index (χ0) is 21.5. The van der Waals surface area contributed by atoms with E-state index in [1.807, 2.05) is 0 Å². The lowest BCUT2D eigenvalue weighted by molar-refractivity contribution is -0.0892. The molecule has 162 valence electrons. The van der Waals surface area contributed by atoms with Gasteiger partial charge in [0.05, 0.1) is 18.8 Å². The molecule has 0 spiro atoms. The minimum atomic E-state index is -0.495. The lowest BCUT2D eigenvalue weighted by Crippen LogP contribution is -2.51. The Hall–Kier alpha value is -2.98. The molecule has 4 N–H and O–H groups in total. The number of hydrogen-bond donors (Lipinski definition) is 4. The van der Waals surface area contributed by atoms with E-state index in [1.54, 1.807) is 38.4 Å². The second-order valence-electron chi connectivity index (χ2n) is 7.24. The lowest BCUT2D eigenvalue weighted by atomic mass is 9.97. The number of anilines is 1. The molecule has 3 atom stereocenters. The highest BCUT2D eigenvalue weighted by molar-refractivity contribution is 5.94. The Balaban J connectivity index is 1.42. The molecule has 2 aromatic heterocycles. The van der Waals surface area contributed by atoms with E-state index in [2.05, 4.69) is 26.1 Å². The number of carbonyl (C=O) groups excluding carboxylic acids is 2. The molecule has 3 amide bonds. The molecule has 1 saturated heterocycles. The second kappa shape index (κ2) is 10.2. The number of carbonyl (C=O) groups is 2. The Labute approximate surface area is 174 Å². The third-order valence-corrected chi connectivity index (χ3v) is 5.08. The summed E-state index contributed by atoms with van der Waals surface area (Å²) < 4.78 is 11.0. The van der Waals surface area contributed by atoms with Crippen LogP contribution in [0.2, 0.25) is 0 Å². The van der Waals surface area contributed by atoms with E-state index in [4.69, 9.17) is 9.26 Å². The Morgan fingerprint density at radius 2 is 2.00 bits per heavy atom. The molecule has 0 aliphatic carbocycles. The molecule has 2 aromatic rings. The van der Waals surface area contributed by atoms with Crippen LogP contribution in [0.15, 0.2) is 29.0 Å². The third kappa shape index (κ3) is 5.55. The highest BCUT2D eigenvalue weighted by Crippen LogP contribution is 2.22. The predicted molar refractivity (Wildman–Crippen MR) is 108 cm³/mol. The predicted octanol–water partition coefficient (Wildman–Crippen LogP) is 1.54. The molecule has 1 fully saturated rings. The molecular weight excluding hydrogens is 390 g/mol. The normalized spacial score (nSPS) is 21.1. The Bertz CT molecular complexity index is 837. The van der Waals surface area contributed by atoms with Crippen molar-refractivity contribution in [2.24, 2.45) is 0 Å². The van der Waals surface area contributed by atoms with E-state index in [-0.39, 0.29) is 30.7 Å². The van der Waals surface area contributed by atoms with Crippen molar-refractivity contribution in [1.82, 2.24) is 20.8 Å². The molecule has 1 aliphatic rings. The Kier molecular flexibility index (Phi) is 7.36. The molecule has 3 rings (SSSR count). The van der Waals surface area contributed by atoms with Crippen molar-refractivity contribution < 1.29 is 24.0 Å². The number of urea groups is 1. The van der Waals surface area contributed by atoms with Gasteiger partial charge in [-0.2, -0.15) is 0 Å². The van der Waals surface area contributed by atoms with Crippen LogP contribution >= 0.6 is 0 Å². The summed E-state index contributed by atoms with van der Waals surface area (Å²) in [7, 11) is 0. The summed E-state index contributed by atoms with van der Waals surface area (Å²) in [6.07, 6.45) is 4.49. The van der Waals surface area contributed by atoms with E-state index in [1.165, 1.54) is 0 Å². The van der Waals surface area contributed by atoms with Crippen molar-refractivity contribution in [3.63, 3.8) is 0 Å². The third-order valence-electron chi connectivity index (χ3n) is 5.08. The van der Waals surface area contributed by atoms with Crippen LogP contribution in [0.25, 0.3) is 0 Å². The van der Waals surface area contributed by atoms with E-state index in [0.29, 0.717) is 48.5 Å². The first-order valence-corrected chi connectivity index (χ1v) is 9.93. The minimum absolute atomic E-state index is 0.115. The minimum Gasteiger partial charge on any atom is -0.394 e. The monoisotopic (exact) mass is 417 g/mol. The maximum Gasteiger partial charge on any atom is 0.319 e. The quantitative estimate of drug-likeness (QED) is 0.536. The molecule has 10 nitrogen and oxygen atoms in total. The largest absolute Gasteiger partial charge is 0.394 e. The van der Waals surface area contributed by atoms with E-state index >= 15 is 0 Å². The SMILES string of the molecule is Cc1noc(C)c1NC(=O)NCC[C@@H]1CC[C@H](NC(=O)c2ccncc2)[C@@H](CO)O1. The van der Waals surface area contributed by atoms with Gasteiger partial charge >= 0.3 is 6.03 Å². The average molecular weight is 417 g/mol. The van der Waals surface area contributed by atoms with Gasteiger partial charge in [-0.25, -0.2) is 4.79 Å². The zero-order valence-corrected chi connectivity index (χ0v) is 17.1. The lowest BCUT2D eigenvalue weighted by Gasteiger charge is -2.36. The standard InChI is InChI=1S/C20H27N5O5/c1-12-18(13(2)30-25-12)24-20(28)22-10-7-15-3-4-16(17(11-26)29-15)23-19(27)14-5-8-21-9-6-14/h5-6,8-9,15-17,26H,3-4,7,10-11H2,1-2H3,(H,23,27)(H2,22,24,28)/t15-,16-,17+/m0/s1. The van der Waals surface area contributed by atoms with Gasteiger partial charge in [0.1, 0.15) is 17.5 Å². The number of ether oxygens (including phenoxy) is 1. The molecule has 30 heavy (non-hydrogen) atoms. The first-order valence-electron chi connectivity index (χ1n) is 9.93. The maximum absolute atomic E-state index is 12.3. The van der Waals surface area contributed by atoms with Crippen LogP contribution in [0, 0.1) is 13.8 Å². The van der Waals surface area contributed by atoms with Crippen LogP contribution in [0.3, 0.4) is 0 Å². The summed E-state index contributed by atoms with van der Waals surface area (Å²) >= 11 is 0. The average Bonchev–Trinajstić information content (AvgIpc) is 3.07. The molecule has 3 heterocycles. The molecular formula is C20H27N5O5. The van der Waals surface area contributed by atoms with E-state index in [0.717, 1.165) is 0 Å². The molecule has 10 heteroatoms. The zero-order valence-electron chi connectivity index (χ0n) is 17.1. The molecule has 0 radical (unpaired) electrons. The summed E-state index contributed by atoms with van der Waals surface area (Å²) in [5.74, 6) is 0.324. The van der Waals surface area contributed by atoms with Crippen LogP contribution < -0.4 is 16.0 Å². The van der Waals surface area contributed by atoms with Gasteiger partial charge in [-0.15, -0.1) is 0 Å². The van der Waals surface area contributed by atoms with Crippen molar-refractivity contribution in [3.05, 3.63) is 41.5 Å². The first kappa shape index (κ1) is 21.7. The number of aromatic nitrogens is 2. The number of pyridine rings is 1. The summed E-state index contributed by atoms with van der Waals surface area (Å²) in [6, 6.07) is 2.65. The molecule has 0 aromatic carbocycles. The number of aryl methyl sites for hydroxylation is 2. The van der Waals surface area contributed by atoms with Crippen LogP contribution in [0.4, 0.5) is 10.5 Å². The van der Waals surface area contributed by atoms with Crippen molar-refractivity contribution in [3.8, 4) is 0 Å². The van der Waals surface area contributed by atoms with Gasteiger partial charge in [0.25, 0.3) is 5.91 Å². The summed E-state index contributed by atoms with van der Waals surface area (Å²) in [4.78, 5) is 28.3. The molecule has 0 bridgehead atoms. The van der Waals surface area contributed by atoms with Gasteiger partial charge in [-0.3, -0.25) is 9.78 Å². The van der Waals surface area contributed by atoms with Gasteiger partial charge in [0, 0.05) is 24.5 Å². The smallest absolute Gasteiger partial charge is 0.319 e. The number of aliphatic hydroxyl groups is 1. The number of amides is 3. The molecule has 0 unspecified atom stereocenters. The van der Waals surface area contributed by atoms with E-state index in [9.17, 15) is 14.7 Å². The fourth-order valence-electron chi connectivity index (χ4n) is 3.43. The summed E-state index contributed by atoms with van der Waals surface area (Å²) in [6.45, 7) is 3.69. The van der Waals surface area contributed by atoms with Gasteiger partial charge in [0.2, 0.25) is 0 Å². The number of nitrogens with zero attached hydrogens (tertiary/aromatic N) is 2. The number of hydrogen-bond acceptors (Lipinski definition) is 7. The van der Waals surface area contributed by atoms with Crippen molar-refractivity contribution in [2.75, 3.05) is 18.5 Å². The van der Waals surface area contributed by atoms with Crippen LogP contribution in [0.1, 0.15) is 41.1 Å². The molecule has 0 saturated carbocycles. The van der Waals surface area contributed by atoms with Gasteiger partial charge in [-0.05, 0) is 45.2 Å². The van der Waals surface area contributed by atoms with Crippen molar-refractivity contribution in [1.29, 1.82) is 0 Å². The van der Waals surface area contributed by atoms with Crippen LogP contribution in [0.5, 0.6) is 0 Å². The van der Waals surface area contributed by atoms with Gasteiger partial charge in [-0.1, -0.05) is 5.16 Å². The van der Waals surface area contributed by atoms with Crippen molar-refractivity contribution in [2.45, 2.75) is 51.4 Å². The van der Waals surface area contributed by atoms with Crippen molar-refractivity contribution >= 4 is 17.6 Å². The Morgan fingerprint density at radius 3 is 2.67 bits per heavy atom. The number of aliphatic hydroxyl groups excluding tert-OH is 1. The maximum atomic E-state index is 12.3. The molecule has 1 aliphatic heterocycles. The van der Waals surface area contributed by atoms with Crippen LogP contribution in [-0.4, -0.2) is 58.6 Å². The number of rotatable bonds is 7. The van der Waals surface area contributed by atoms with Gasteiger partial charge < -0.3 is 30.3 Å². The van der Waals surface area contributed by atoms with Crippen LogP contribution in [-0.2, 0) is 4.74 Å². The second-order valence-corrected chi connectivity index (χ2v) is 7.24. The fraction of sp³-hybridized carbons (Fsp3) is 0.500. The van der Waals surface area contributed by atoms with Gasteiger partial charge in [0.15, 0.2) is 5.76 Å². The van der Waals surface area contributed by atoms with E-state index < -0.39 is 6.10 Å². The summed E-state index contributed by atoms with van der Waals surface area (Å²) in [5.41, 5.74) is 1.69. The first-order chi connectivity index (χ1) is 14.5. The fourth-order valence-corrected chi connectivity index (χ4v) is 3.43. The highest BCUT2D eigenvalue weighted by Gasteiger charge is 2.32. The topological polar surface area (TPSA) is 139 Å². The highest BCUT2D eigenvalue weighted by atomic mass is 16.5.